The van der Waals surface area contributed by atoms with Crippen LogP contribution < -0.4 is 0 Å². The summed E-state index contributed by atoms with van der Waals surface area (Å²) in [5, 5.41) is 7.53. The smallest absolute Gasteiger partial charge is 0.359 e. The number of hydrogen-bond acceptors (Lipinski definition) is 5. The molecule has 2 aromatic heterocycles. The lowest BCUT2D eigenvalue weighted by Crippen LogP contribution is -2.06. The summed E-state index contributed by atoms with van der Waals surface area (Å²) < 4.78 is 10.7. The van der Waals surface area contributed by atoms with Crippen molar-refractivity contribution in [3.63, 3.8) is 0 Å². The van der Waals surface area contributed by atoms with E-state index in [1.807, 2.05) is 48.5 Å². The van der Waals surface area contributed by atoms with Crippen LogP contribution in [0.25, 0.3) is 22.0 Å². The quantitative estimate of drug-likeness (QED) is 0.587. The van der Waals surface area contributed by atoms with Gasteiger partial charge in [0.05, 0.1) is 5.52 Å². The second-order valence-corrected chi connectivity index (χ2v) is 4.77. The van der Waals surface area contributed by atoms with E-state index in [-0.39, 0.29) is 12.3 Å². The second-order valence-electron chi connectivity index (χ2n) is 4.77. The fraction of sp³-hybridized carbons (Fsp3) is 0.0625. The van der Waals surface area contributed by atoms with Gasteiger partial charge in [0, 0.05) is 5.39 Å². The van der Waals surface area contributed by atoms with Crippen molar-refractivity contribution in [2.24, 2.45) is 0 Å². The topological polar surface area (TPSA) is 81.0 Å². The molecule has 2 heterocycles. The van der Waals surface area contributed by atoms with Crippen molar-refractivity contribution < 1.29 is 13.9 Å². The lowest BCUT2D eigenvalue weighted by atomic mass is 10.2. The molecule has 0 fully saturated rings. The Morgan fingerprint density at radius 1 is 1.14 bits per heavy atom. The van der Waals surface area contributed by atoms with E-state index >= 15 is 0 Å². The van der Waals surface area contributed by atoms with Gasteiger partial charge in [0.15, 0.2) is 17.9 Å². The molecule has 4 rings (SSSR count). The molecule has 0 atom stereocenters. The maximum absolute atomic E-state index is 12.1. The predicted octanol–water partition coefficient (Wildman–Crippen LogP) is 3.06. The summed E-state index contributed by atoms with van der Waals surface area (Å²) in [6.45, 7) is -0.0330. The highest BCUT2D eigenvalue weighted by Crippen LogP contribution is 2.18. The standard InChI is InChI=1S/C16H11N3O3/c20-16(15-10-5-1-2-6-11(10)18-19-15)21-9-14-17-12-7-3-4-8-13(12)22-14/h1-8H,9H2,(H,18,19). The van der Waals surface area contributed by atoms with Crippen molar-refractivity contribution in [1.82, 2.24) is 15.2 Å². The summed E-state index contributed by atoms with van der Waals surface area (Å²) in [5.41, 5.74) is 2.44. The molecule has 6 nitrogen and oxygen atoms in total. The number of hydrogen-bond donors (Lipinski definition) is 1. The van der Waals surface area contributed by atoms with Gasteiger partial charge >= 0.3 is 5.97 Å². The number of aromatic nitrogens is 3. The Labute approximate surface area is 124 Å². The normalized spacial score (nSPS) is 11.1. The molecular weight excluding hydrogens is 282 g/mol. The maximum atomic E-state index is 12.1. The minimum Gasteiger partial charge on any atom is -0.451 e. The van der Waals surface area contributed by atoms with Gasteiger partial charge in [0.1, 0.15) is 5.52 Å². The van der Waals surface area contributed by atoms with Crippen molar-refractivity contribution in [3.8, 4) is 0 Å². The van der Waals surface area contributed by atoms with E-state index < -0.39 is 5.97 Å². The number of nitrogens with zero attached hydrogens (tertiary/aromatic N) is 2. The molecule has 0 radical (unpaired) electrons. The zero-order chi connectivity index (χ0) is 14.9. The molecule has 0 unspecified atom stereocenters. The lowest BCUT2D eigenvalue weighted by molar-refractivity contribution is 0.0435. The van der Waals surface area contributed by atoms with Crippen LogP contribution in [-0.2, 0) is 11.3 Å². The van der Waals surface area contributed by atoms with Gasteiger partial charge in [-0.3, -0.25) is 5.10 Å². The average molecular weight is 293 g/mol. The summed E-state index contributed by atoms with van der Waals surface area (Å²) >= 11 is 0. The third-order valence-electron chi connectivity index (χ3n) is 3.33. The van der Waals surface area contributed by atoms with E-state index in [4.69, 9.17) is 9.15 Å². The van der Waals surface area contributed by atoms with Crippen LogP contribution >= 0.6 is 0 Å². The average Bonchev–Trinajstić information content (AvgIpc) is 3.16. The van der Waals surface area contributed by atoms with E-state index in [0.717, 1.165) is 16.4 Å². The van der Waals surface area contributed by atoms with E-state index in [0.29, 0.717) is 11.5 Å². The van der Waals surface area contributed by atoms with Crippen LogP contribution in [-0.4, -0.2) is 21.2 Å². The van der Waals surface area contributed by atoms with Crippen molar-refractivity contribution >= 4 is 28.0 Å². The first-order valence-corrected chi connectivity index (χ1v) is 6.76. The van der Waals surface area contributed by atoms with Crippen LogP contribution in [0.5, 0.6) is 0 Å². The third-order valence-corrected chi connectivity index (χ3v) is 3.33. The second kappa shape index (κ2) is 5.00. The maximum Gasteiger partial charge on any atom is 0.359 e. The predicted molar refractivity (Wildman–Crippen MR) is 79.2 cm³/mol. The van der Waals surface area contributed by atoms with Crippen molar-refractivity contribution in [3.05, 3.63) is 60.1 Å². The van der Waals surface area contributed by atoms with Crippen LogP contribution in [0.1, 0.15) is 16.4 Å². The first-order chi connectivity index (χ1) is 10.8. The Kier molecular flexibility index (Phi) is 2.86. The molecule has 0 aliphatic rings. The van der Waals surface area contributed by atoms with Gasteiger partial charge in [0.25, 0.3) is 0 Å². The fourth-order valence-corrected chi connectivity index (χ4v) is 2.30. The van der Waals surface area contributed by atoms with Gasteiger partial charge in [-0.25, -0.2) is 9.78 Å². The number of para-hydroxylation sites is 3. The monoisotopic (exact) mass is 293 g/mol. The van der Waals surface area contributed by atoms with Crippen LogP contribution in [0.2, 0.25) is 0 Å². The highest BCUT2D eigenvalue weighted by atomic mass is 16.5. The number of rotatable bonds is 3. The summed E-state index contributed by atoms with van der Waals surface area (Å²) in [4.78, 5) is 16.4. The van der Waals surface area contributed by atoms with Crippen LogP contribution in [0.15, 0.2) is 52.9 Å². The molecule has 0 aliphatic carbocycles. The Balaban J connectivity index is 1.54. The number of carbonyl (C=O) groups excluding carboxylic acids is 1. The van der Waals surface area contributed by atoms with Gasteiger partial charge in [0.2, 0.25) is 5.89 Å². The lowest BCUT2D eigenvalue weighted by Gasteiger charge is -1.99. The summed E-state index contributed by atoms with van der Waals surface area (Å²) in [6.07, 6.45) is 0. The summed E-state index contributed by atoms with van der Waals surface area (Å²) in [6, 6.07) is 14.8. The Morgan fingerprint density at radius 2 is 1.95 bits per heavy atom. The Morgan fingerprint density at radius 3 is 2.86 bits per heavy atom. The number of esters is 1. The van der Waals surface area contributed by atoms with Crippen molar-refractivity contribution in [2.75, 3.05) is 0 Å². The number of aromatic amines is 1. The van der Waals surface area contributed by atoms with E-state index in [1.54, 1.807) is 0 Å². The molecule has 0 bridgehead atoms. The molecule has 4 aromatic rings. The zero-order valence-electron chi connectivity index (χ0n) is 11.4. The molecule has 6 heteroatoms. The van der Waals surface area contributed by atoms with E-state index in [9.17, 15) is 4.79 Å². The first kappa shape index (κ1) is 12.6. The SMILES string of the molecule is O=C(OCc1nc2ccccc2o1)c1n[nH]c2ccccc12. The highest BCUT2D eigenvalue weighted by Gasteiger charge is 2.16. The van der Waals surface area contributed by atoms with E-state index in [2.05, 4.69) is 15.2 Å². The molecule has 1 N–H and O–H groups in total. The van der Waals surface area contributed by atoms with Gasteiger partial charge in [-0.15, -0.1) is 0 Å². The van der Waals surface area contributed by atoms with Gasteiger partial charge < -0.3 is 9.15 Å². The Bertz CT molecular complexity index is 938. The number of ether oxygens (including phenoxy) is 1. The molecule has 108 valence electrons. The molecule has 2 aromatic carbocycles. The van der Waals surface area contributed by atoms with Crippen molar-refractivity contribution in [2.45, 2.75) is 6.61 Å². The van der Waals surface area contributed by atoms with Crippen LogP contribution in [0.3, 0.4) is 0 Å². The number of H-pyrrole nitrogens is 1. The Hall–Kier alpha value is -3.15. The van der Waals surface area contributed by atoms with Gasteiger partial charge in [-0.05, 0) is 18.2 Å². The molecule has 0 saturated carbocycles. The fourth-order valence-electron chi connectivity index (χ4n) is 2.30. The summed E-state index contributed by atoms with van der Waals surface area (Å²) in [7, 11) is 0. The number of fused-ring (bicyclic) bond motifs is 2. The molecule has 22 heavy (non-hydrogen) atoms. The van der Waals surface area contributed by atoms with Crippen molar-refractivity contribution in [1.29, 1.82) is 0 Å². The highest BCUT2D eigenvalue weighted by molar-refractivity contribution is 6.01. The molecule has 0 aliphatic heterocycles. The number of oxazole rings is 1. The number of benzene rings is 2. The van der Waals surface area contributed by atoms with E-state index in [1.165, 1.54) is 0 Å². The molecule has 0 saturated heterocycles. The van der Waals surface area contributed by atoms with Gasteiger partial charge in [-0.1, -0.05) is 30.3 Å². The number of nitrogens with one attached hydrogen (secondary N) is 1. The molecular formula is C16H11N3O3. The number of carbonyl (C=O) groups is 1. The zero-order valence-corrected chi connectivity index (χ0v) is 11.4. The largest absolute Gasteiger partial charge is 0.451 e. The minimum atomic E-state index is -0.514. The summed E-state index contributed by atoms with van der Waals surface area (Å²) in [5.74, 6) is -0.158. The van der Waals surface area contributed by atoms with Crippen LogP contribution in [0, 0.1) is 0 Å². The molecule has 0 amide bonds. The first-order valence-electron chi connectivity index (χ1n) is 6.76. The third kappa shape index (κ3) is 2.10. The van der Waals surface area contributed by atoms with Gasteiger partial charge in [-0.2, -0.15) is 5.10 Å². The molecule has 0 spiro atoms. The van der Waals surface area contributed by atoms with Crippen LogP contribution in [0.4, 0.5) is 0 Å². The minimum absolute atomic E-state index is 0.0330.